The molecule has 0 spiro atoms. The maximum atomic E-state index is 3.69. The van der Waals surface area contributed by atoms with Gasteiger partial charge in [0, 0.05) is 16.0 Å². The second-order valence-electron chi connectivity index (χ2n) is 4.74. The minimum Gasteiger partial charge on any atom is -0.376 e. The van der Waals surface area contributed by atoms with Crippen LogP contribution >= 0.6 is 11.3 Å². The van der Waals surface area contributed by atoms with Crippen LogP contribution in [-0.2, 0) is 6.42 Å². The SMILES string of the molecule is c1csc(C2Cc3ccc4ccccc4c3N2)c1. The summed E-state index contributed by atoms with van der Waals surface area (Å²) in [6.07, 6.45) is 1.10. The van der Waals surface area contributed by atoms with Gasteiger partial charge in [0.2, 0.25) is 0 Å². The monoisotopic (exact) mass is 251 g/mol. The summed E-state index contributed by atoms with van der Waals surface area (Å²) in [6, 6.07) is 17.9. The highest BCUT2D eigenvalue weighted by molar-refractivity contribution is 7.10. The number of nitrogens with one attached hydrogen (secondary N) is 1. The maximum absolute atomic E-state index is 3.69. The van der Waals surface area contributed by atoms with Crippen LogP contribution in [0.2, 0.25) is 0 Å². The van der Waals surface area contributed by atoms with Gasteiger partial charge in [-0.3, -0.25) is 0 Å². The Hall–Kier alpha value is -1.80. The molecule has 1 aliphatic heterocycles. The number of benzene rings is 2. The molecule has 1 atom stereocenters. The molecule has 0 amide bonds. The quantitative estimate of drug-likeness (QED) is 0.666. The first-order chi connectivity index (χ1) is 8.92. The molecule has 2 heteroatoms. The average molecular weight is 251 g/mol. The Morgan fingerprint density at radius 1 is 1.00 bits per heavy atom. The van der Waals surface area contributed by atoms with E-state index >= 15 is 0 Å². The van der Waals surface area contributed by atoms with Gasteiger partial charge in [0.15, 0.2) is 0 Å². The molecule has 4 rings (SSSR count). The van der Waals surface area contributed by atoms with E-state index in [4.69, 9.17) is 0 Å². The molecular weight excluding hydrogens is 238 g/mol. The van der Waals surface area contributed by atoms with E-state index < -0.39 is 0 Å². The van der Waals surface area contributed by atoms with Gasteiger partial charge in [0.1, 0.15) is 0 Å². The normalized spacial score (nSPS) is 17.7. The lowest BCUT2D eigenvalue weighted by molar-refractivity contribution is 0.843. The van der Waals surface area contributed by atoms with Crippen LogP contribution in [0.5, 0.6) is 0 Å². The molecule has 0 aliphatic carbocycles. The van der Waals surface area contributed by atoms with Crippen molar-refractivity contribution in [1.82, 2.24) is 0 Å². The van der Waals surface area contributed by atoms with Gasteiger partial charge in [-0.15, -0.1) is 11.3 Å². The highest BCUT2D eigenvalue weighted by Crippen LogP contribution is 2.40. The van der Waals surface area contributed by atoms with Crippen LogP contribution in [0.3, 0.4) is 0 Å². The van der Waals surface area contributed by atoms with Gasteiger partial charge >= 0.3 is 0 Å². The van der Waals surface area contributed by atoms with Gasteiger partial charge in [-0.05, 0) is 28.8 Å². The molecule has 2 heterocycles. The van der Waals surface area contributed by atoms with Crippen molar-refractivity contribution in [2.45, 2.75) is 12.5 Å². The highest BCUT2D eigenvalue weighted by Gasteiger charge is 2.23. The molecular formula is C16H13NS. The summed E-state index contributed by atoms with van der Waals surface area (Å²) in [5, 5.41) is 8.50. The summed E-state index contributed by atoms with van der Waals surface area (Å²) in [5.74, 6) is 0. The smallest absolute Gasteiger partial charge is 0.0647 e. The third-order valence-corrected chi connectivity index (χ3v) is 4.63. The Morgan fingerprint density at radius 3 is 2.83 bits per heavy atom. The van der Waals surface area contributed by atoms with E-state index in [-0.39, 0.29) is 0 Å². The minimum absolute atomic E-state index is 0.450. The Kier molecular flexibility index (Phi) is 2.17. The van der Waals surface area contributed by atoms with E-state index in [0.717, 1.165) is 6.42 Å². The largest absolute Gasteiger partial charge is 0.376 e. The fraction of sp³-hybridized carbons (Fsp3) is 0.125. The molecule has 0 fully saturated rings. The molecule has 1 unspecified atom stereocenters. The van der Waals surface area contributed by atoms with Crippen molar-refractivity contribution in [3.63, 3.8) is 0 Å². The summed E-state index contributed by atoms with van der Waals surface area (Å²) in [5.41, 5.74) is 2.76. The molecule has 0 radical (unpaired) electrons. The van der Waals surface area contributed by atoms with E-state index in [0.29, 0.717) is 6.04 Å². The molecule has 1 aromatic heterocycles. The van der Waals surface area contributed by atoms with Gasteiger partial charge in [-0.25, -0.2) is 0 Å². The van der Waals surface area contributed by atoms with E-state index in [2.05, 4.69) is 59.2 Å². The lowest BCUT2D eigenvalue weighted by atomic mass is 10.0. The van der Waals surface area contributed by atoms with Crippen molar-refractivity contribution >= 4 is 27.8 Å². The number of rotatable bonds is 1. The van der Waals surface area contributed by atoms with E-state index in [1.165, 1.54) is 26.9 Å². The van der Waals surface area contributed by atoms with Gasteiger partial charge in [-0.2, -0.15) is 0 Å². The lowest BCUT2D eigenvalue weighted by Crippen LogP contribution is -2.03. The molecule has 0 saturated heterocycles. The first-order valence-electron chi connectivity index (χ1n) is 6.22. The molecule has 2 aromatic carbocycles. The zero-order valence-electron chi connectivity index (χ0n) is 9.89. The summed E-state index contributed by atoms with van der Waals surface area (Å²) in [7, 11) is 0. The van der Waals surface area contributed by atoms with Gasteiger partial charge in [0.25, 0.3) is 0 Å². The standard InChI is InChI=1S/C16H13NS/c1-2-5-13-11(4-1)7-8-12-10-14(17-16(12)13)15-6-3-9-18-15/h1-9,14,17H,10H2. The third kappa shape index (κ3) is 1.46. The highest BCUT2D eigenvalue weighted by atomic mass is 32.1. The van der Waals surface area contributed by atoms with Crippen LogP contribution in [0.25, 0.3) is 10.8 Å². The number of anilines is 1. The molecule has 1 aliphatic rings. The fourth-order valence-electron chi connectivity index (χ4n) is 2.76. The fourth-order valence-corrected chi connectivity index (χ4v) is 3.54. The predicted molar refractivity (Wildman–Crippen MR) is 78.3 cm³/mol. The Bertz CT molecular complexity index is 700. The lowest BCUT2D eigenvalue weighted by Gasteiger charge is -2.09. The topological polar surface area (TPSA) is 12.0 Å². The average Bonchev–Trinajstić information content (AvgIpc) is 3.07. The first-order valence-corrected chi connectivity index (χ1v) is 7.10. The van der Waals surface area contributed by atoms with Crippen molar-refractivity contribution in [2.75, 3.05) is 5.32 Å². The third-order valence-electron chi connectivity index (χ3n) is 3.64. The second-order valence-corrected chi connectivity index (χ2v) is 5.72. The Balaban J connectivity index is 1.83. The van der Waals surface area contributed by atoms with Crippen molar-refractivity contribution < 1.29 is 0 Å². The zero-order valence-corrected chi connectivity index (χ0v) is 10.7. The summed E-state index contributed by atoms with van der Waals surface area (Å²) in [6.45, 7) is 0. The van der Waals surface area contributed by atoms with Crippen LogP contribution in [0, 0.1) is 0 Å². The number of hydrogen-bond acceptors (Lipinski definition) is 2. The van der Waals surface area contributed by atoms with E-state index in [1.807, 2.05) is 11.3 Å². The van der Waals surface area contributed by atoms with Crippen LogP contribution < -0.4 is 5.32 Å². The molecule has 18 heavy (non-hydrogen) atoms. The van der Waals surface area contributed by atoms with Crippen LogP contribution in [0.1, 0.15) is 16.5 Å². The van der Waals surface area contributed by atoms with Crippen molar-refractivity contribution in [1.29, 1.82) is 0 Å². The van der Waals surface area contributed by atoms with Crippen LogP contribution in [-0.4, -0.2) is 0 Å². The molecule has 88 valence electrons. The van der Waals surface area contributed by atoms with Gasteiger partial charge < -0.3 is 5.32 Å². The van der Waals surface area contributed by atoms with E-state index in [9.17, 15) is 0 Å². The van der Waals surface area contributed by atoms with Crippen LogP contribution in [0.15, 0.2) is 53.9 Å². The maximum Gasteiger partial charge on any atom is 0.0647 e. The second kappa shape index (κ2) is 3.85. The first kappa shape index (κ1) is 10.2. The molecule has 1 nitrogen and oxygen atoms in total. The molecule has 1 N–H and O–H groups in total. The van der Waals surface area contributed by atoms with Crippen LogP contribution in [0.4, 0.5) is 5.69 Å². The summed E-state index contributed by atoms with van der Waals surface area (Å²) < 4.78 is 0. The van der Waals surface area contributed by atoms with Crippen molar-refractivity contribution in [3.8, 4) is 0 Å². The molecule has 0 bridgehead atoms. The van der Waals surface area contributed by atoms with Crippen molar-refractivity contribution in [3.05, 3.63) is 64.4 Å². The Morgan fingerprint density at radius 2 is 1.94 bits per heavy atom. The van der Waals surface area contributed by atoms with E-state index in [1.54, 1.807) is 0 Å². The number of thiophene rings is 1. The summed E-state index contributed by atoms with van der Waals surface area (Å²) in [4.78, 5) is 1.43. The number of hydrogen-bond donors (Lipinski definition) is 1. The molecule has 0 saturated carbocycles. The Labute approximate surface area is 110 Å². The minimum atomic E-state index is 0.450. The summed E-state index contributed by atoms with van der Waals surface area (Å²) >= 11 is 1.83. The van der Waals surface area contributed by atoms with Gasteiger partial charge in [0.05, 0.1) is 6.04 Å². The van der Waals surface area contributed by atoms with Gasteiger partial charge in [-0.1, -0.05) is 42.5 Å². The predicted octanol–water partition coefficient (Wildman–Crippen LogP) is 4.61. The number of fused-ring (bicyclic) bond motifs is 3. The van der Waals surface area contributed by atoms with Crippen molar-refractivity contribution in [2.24, 2.45) is 0 Å². The molecule has 3 aromatic rings. The zero-order chi connectivity index (χ0) is 11.9.